The molecule has 0 atom stereocenters. The molecule has 0 saturated carbocycles. The van der Waals surface area contributed by atoms with Crippen LogP contribution in [-0.2, 0) is 0 Å². The first-order valence-electron chi connectivity index (χ1n) is 10.2. The SMILES string of the molecule is CC.CC.Cc1ccc(F)c(OCC(C)C)c1.Cc1ccc(F)c(OCC(F)F)c1. The zero-order chi connectivity index (χ0) is 23.7. The van der Waals surface area contributed by atoms with Crippen LogP contribution in [0.5, 0.6) is 11.5 Å². The molecule has 0 aromatic heterocycles. The van der Waals surface area contributed by atoms with Crippen LogP contribution in [0.3, 0.4) is 0 Å². The van der Waals surface area contributed by atoms with Gasteiger partial charge in [-0.05, 0) is 55.2 Å². The van der Waals surface area contributed by atoms with Crippen molar-refractivity contribution in [2.75, 3.05) is 13.2 Å². The maximum Gasteiger partial charge on any atom is 0.272 e. The van der Waals surface area contributed by atoms with E-state index in [2.05, 4.69) is 4.74 Å². The van der Waals surface area contributed by atoms with Crippen molar-refractivity contribution >= 4 is 0 Å². The van der Waals surface area contributed by atoms with E-state index in [1.165, 1.54) is 18.2 Å². The van der Waals surface area contributed by atoms with Crippen LogP contribution in [0, 0.1) is 31.4 Å². The van der Waals surface area contributed by atoms with Gasteiger partial charge in [0.25, 0.3) is 6.43 Å². The molecule has 0 heterocycles. The van der Waals surface area contributed by atoms with E-state index >= 15 is 0 Å². The second kappa shape index (κ2) is 17.6. The van der Waals surface area contributed by atoms with E-state index < -0.39 is 18.8 Å². The molecule has 0 aliphatic carbocycles. The van der Waals surface area contributed by atoms with Crippen molar-refractivity contribution in [3.63, 3.8) is 0 Å². The normalized spacial score (nSPS) is 9.53. The molecular weight excluding hydrogens is 396 g/mol. The topological polar surface area (TPSA) is 18.5 Å². The molecule has 2 aromatic rings. The van der Waals surface area contributed by atoms with Crippen molar-refractivity contribution in [3.05, 3.63) is 59.2 Å². The van der Waals surface area contributed by atoms with Crippen LogP contribution in [0.25, 0.3) is 0 Å². The maximum absolute atomic E-state index is 13.1. The van der Waals surface area contributed by atoms with Crippen molar-refractivity contribution in [3.8, 4) is 11.5 Å². The Balaban J connectivity index is 0. The minimum atomic E-state index is -2.58. The molecule has 2 aromatic carbocycles. The smallest absolute Gasteiger partial charge is 0.272 e. The first kappa shape index (κ1) is 30.0. The minimum Gasteiger partial charge on any atom is -0.490 e. The molecule has 2 nitrogen and oxygen atoms in total. The number of rotatable bonds is 6. The Bertz CT molecular complexity index is 629. The molecule has 6 heteroatoms. The number of hydrogen-bond donors (Lipinski definition) is 0. The third-order valence-corrected chi connectivity index (χ3v) is 3.11. The Hall–Kier alpha value is -2.24. The first-order valence-corrected chi connectivity index (χ1v) is 10.2. The summed E-state index contributed by atoms with van der Waals surface area (Å²) in [6.07, 6.45) is -2.58. The van der Waals surface area contributed by atoms with Crippen LogP contribution in [-0.4, -0.2) is 19.6 Å². The predicted molar refractivity (Wildman–Crippen MR) is 117 cm³/mol. The van der Waals surface area contributed by atoms with Gasteiger partial charge in [0.15, 0.2) is 23.1 Å². The van der Waals surface area contributed by atoms with E-state index in [-0.39, 0.29) is 11.6 Å². The number of ether oxygens (including phenoxy) is 2. The van der Waals surface area contributed by atoms with Gasteiger partial charge in [0.1, 0.15) is 6.61 Å². The molecule has 0 amide bonds. The molecule has 0 aliphatic rings. The van der Waals surface area contributed by atoms with Crippen LogP contribution in [0.4, 0.5) is 17.6 Å². The van der Waals surface area contributed by atoms with Crippen LogP contribution in [0.15, 0.2) is 36.4 Å². The highest BCUT2D eigenvalue weighted by atomic mass is 19.3. The summed E-state index contributed by atoms with van der Waals surface area (Å²) in [7, 11) is 0. The van der Waals surface area contributed by atoms with E-state index in [9.17, 15) is 17.6 Å². The third kappa shape index (κ3) is 13.9. The molecular formula is C24H36F4O2. The van der Waals surface area contributed by atoms with Crippen molar-refractivity contribution < 1.29 is 27.0 Å². The van der Waals surface area contributed by atoms with E-state index in [1.54, 1.807) is 25.1 Å². The van der Waals surface area contributed by atoms with Crippen LogP contribution < -0.4 is 9.47 Å². The Morgan fingerprint density at radius 2 is 1.07 bits per heavy atom. The lowest BCUT2D eigenvalue weighted by molar-refractivity contribution is 0.0799. The van der Waals surface area contributed by atoms with Gasteiger partial charge in [-0.3, -0.25) is 0 Å². The monoisotopic (exact) mass is 432 g/mol. The molecule has 0 radical (unpaired) electrons. The van der Waals surface area contributed by atoms with E-state index in [1.807, 2.05) is 48.5 Å². The van der Waals surface area contributed by atoms with Gasteiger partial charge in [-0.15, -0.1) is 0 Å². The van der Waals surface area contributed by atoms with Crippen molar-refractivity contribution in [2.24, 2.45) is 5.92 Å². The van der Waals surface area contributed by atoms with Crippen LogP contribution in [0.1, 0.15) is 52.7 Å². The number of benzene rings is 2. The summed E-state index contributed by atoms with van der Waals surface area (Å²) in [6.45, 7) is 15.5. The van der Waals surface area contributed by atoms with Gasteiger partial charge in [0.2, 0.25) is 0 Å². The molecule has 0 spiro atoms. The molecule has 172 valence electrons. The first-order chi connectivity index (χ1) is 14.2. The number of alkyl halides is 2. The molecule has 0 aliphatic heterocycles. The second-order valence-corrected chi connectivity index (χ2v) is 6.27. The van der Waals surface area contributed by atoms with E-state index in [4.69, 9.17) is 4.74 Å². The van der Waals surface area contributed by atoms with Gasteiger partial charge in [-0.1, -0.05) is 53.7 Å². The summed E-state index contributed by atoms with van der Waals surface area (Å²) >= 11 is 0. The average molecular weight is 433 g/mol. The largest absolute Gasteiger partial charge is 0.490 e. The van der Waals surface area contributed by atoms with Gasteiger partial charge < -0.3 is 9.47 Å². The Morgan fingerprint density at radius 1 is 0.700 bits per heavy atom. The maximum atomic E-state index is 13.1. The second-order valence-electron chi connectivity index (χ2n) is 6.27. The number of hydrogen-bond acceptors (Lipinski definition) is 2. The van der Waals surface area contributed by atoms with Crippen molar-refractivity contribution in [1.82, 2.24) is 0 Å². The summed E-state index contributed by atoms with van der Waals surface area (Å²) < 4.78 is 59.2. The summed E-state index contributed by atoms with van der Waals surface area (Å²) in [5, 5.41) is 0. The molecule has 0 fully saturated rings. The highest BCUT2D eigenvalue weighted by molar-refractivity contribution is 5.30. The highest BCUT2D eigenvalue weighted by Crippen LogP contribution is 2.19. The third-order valence-electron chi connectivity index (χ3n) is 3.11. The number of aryl methyl sites for hydroxylation is 2. The average Bonchev–Trinajstić information content (AvgIpc) is 2.72. The zero-order valence-electron chi connectivity index (χ0n) is 19.4. The molecule has 0 N–H and O–H groups in total. The lowest BCUT2D eigenvalue weighted by atomic mass is 10.2. The van der Waals surface area contributed by atoms with E-state index in [0.717, 1.165) is 11.1 Å². The van der Waals surface area contributed by atoms with Gasteiger partial charge >= 0.3 is 0 Å². The van der Waals surface area contributed by atoms with Crippen LogP contribution in [0.2, 0.25) is 0 Å². The van der Waals surface area contributed by atoms with Gasteiger partial charge in [-0.25, -0.2) is 17.6 Å². The molecule has 0 unspecified atom stereocenters. The van der Waals surface area contributed by atoms with Gasteiger partial charge in [0.05, 0.1) is 6.61 Å². The molecule has 2 rings (SSSR count). The fraction of sp³-hybridized carbons (Fsp3) is 0.500. The summed E-state index contributed by atoms with van der Waals surface area (Å²) in [4.78, 5) is 0. The van der Waals surface area contributed by atoms with Crippen molar-refractivity contribution in [2.45, 2.75) is 61.8 Å². The fourth-order valence-corrected chi connectivity index (χ4v) is 1.85. The zero-order valence-corrected chi connectivity index (χ0v) is 19.4. The highest BCUT2D eigenvalue weighted by Gasteiger charge is 2.07. The van der Waals surface area contributed by atoms with E-state index in [0.29, 0.717) is 18.3 Å². The summed E-state index contributed by atoms with van der Waals surface area (Å²) in [6, 6.07) is 9.01. The van der Waals surface area contributed by atoms with Gasteiger partial charge in [0, 0.05) is 0 Å². The predicted octanol–water partition coefficient (Wildman–Crippen LogP) is 8.00. The Kier molecular flexibility index (Phi) is 17.6. The summed E-state index contributed by atoms with van der Waals surface area (Å²) in [5.74, 6) is -0.258. The fourth-order valence-electron chi connectivity index (χ4n) is 1.85. The lowest BCUT2D eigenvalue weighted by Crippen LogP contribution is -2.08. The quantitative estimate of drug-likeness (QED) is 0.431. The molecule has 30 heavy (non-hydrogen) atoms. The molecule has 0 bridgehead atoms. The van der Waals surface area contributed by atoms with Crippen molar-refractivity contribution in [1.29, 1.82) is 0 Å². The summed E-state index contributed by atoms with van der Waals surface area (Å²) in [5.41, 5.74) is 1.78. The molecule has 0 saturated heterocycles. The van der Waals surface area contributed by atoms with Crippen LogP contribution >= 0.6 is 0 Å². The minimum absolute atomic E-state index is 0.125. The standard InChI is InChI=1S/C11H15FO.C9H9F3O.2C2H6/c1-8(2)7-13-11-6-9(3)4-5-10(11)12;1-6-2-3-7(10)8(4-6)13-5-9(11)12;2*1-2/h4-6,8H,7H2,1-3H3;2-4,9H,5H2,1H3;2*1-2H3. The Morgan fingerprint density at radius 3 is 1.40 bits per heavy atom. The van der Waals surface area contributed by atoms with Gasteiger partial charge in [-0.2, -0.15) is 0 Å². The Labute approximate surface area is 179 Å². The number of halogens is 4. The lowest BCUT2D eigenvalue weighted by Gasteiger charge is -2.09.